The number of nitrogens with zero attached hydrogens (tertiary/aromatic N) is 3. The smallest absolute Gasteiger partial charge is 0.410 e. The first-order chi connectivity index (χ1) is 8.38. The van der Waals surface area contributed by atoms with E-state index in [2.05, 4.69) is 9.97 Å². The summed E-state index contributed by atoms with van der Waals surface area (Å²) in [7, 11) is 0. The van der Waals surface area contributed by atoms with Crippen LogP contribution in [0.5, 0.6) is 0 Å². The van der Waals surface area contributed by atoms with Gasteiger partial charge in [0.1, 0.15) is 11.9 Å². The molecule has 5 nitrogen and oxygen atoms in total. The van der Waals surface area contributed by atoms with Crippen LogP contribution in [0.1, 0.15) is 45.0 Å². The van der Waals surface area contributed by atoms with Crippen molar-refractivity contribution in [1.29, 1.82) is 0 Å². The van der Waals surface area contributed by atoms with Crippen molar-refractivity contribution in [2.24, 2.45) is 0 Å². The van der Waals surface area contributed by atoms with Crippen LogP contribution < -0.4 is 0 Å². The van der Waals surface area contributed by atoms with Crippen molar-refractivity contribution in [2.75, 3.05) is 6.54 Å². The Kier molecular flexibility index (Phi) is 3.24. The molecule has 0 fully saturated rings. The molecule has 2 heterocycles. The molecule has 0 N–H and O–H groups in total. The molecule has 0 aliphatic carbocycles. The van der Waals surface area contributed by atoms with Gasteiger partial charge in [0.15, 0.2) is 0 Å². The number of aromatic nitrogens is 2. The van der Waals surface area contributed by atoms with Gasteiger partial charge in [-0.25, -0.2) is 14.8 Å². The van der Waals surface area contributed by atoms with E-state index < -0.39 is 5.60 Å². The summed E-state index contributed by atoms with van der Waals surface area (Å²) in [6, 6.07) is -0.0372. The van der Waals surface area contributed by atoms with Gasteiger partial charge in [0.25, 0.3) is 0 Å². The highest BCUT2D eigenvalue weighted by atomic mass is 16.6. The maximum Gasteiger partial charge on any atom is 0.410 e. The van der Waals surface area contributed by atoms with Crippen molar-refractivity contribution < 1.29 is 9.53 Å². The van der Waals surface area contributed by atoms with E-state index in [-0.39, 0.29) is 12.1 Å². The third-order valence-corrected chi connectivity index (χ3v) is 2.96. The zero-order valence-electron chi connectivity index (χ0n) is 11.3. The molecule has 18 heavy (non-hydrogen) atoms. The number of carbonyl (C=O) groups is 1. The van der Waals surface area contributed by atoms with Crippen molar-refractivity contribution in [3.63, 3.8) is 0 Å². The average molecular weight is 249 g/mol. The summed E-state index contributed by atoms with van der Waals surface area (Å²) < 4.78 is 5.41. The first-order valence-electron chi connectivity index (χ1n) is 6.17. The third kappa shape index (κ3) is 2.60. The first-order valence-corrected chi connectivity index (χ1v) is 6.17. The van der Waals surface area contributed by atoms with Crippen molar-refractivity contribution in [1.82, 2.24) is 14.9 Å². The largest absolute Gasteiger partial charge is 0.444 e. The summed E-state index contributed by atoms with van der Waals surface area (Å²) in [6.45, 7) is 8.23. The SMILES string of the molecule is C[C@@H]1c2cncnc2CCN1C(=O)OC(C)(C)C. The van der Waals surface area contributed by atoms with Crippen LogP contribution in [-0.2, 0) is 11.2 Å². The quantitative estimate of drug-likeness (QED) is 0.708. The minimum Gasteiger partial charge on any atom is -0.444 e. The molecule has 0 bridgehead atoms. The van der Waals surface area contributed by atoms with Crippen LogP contribution in [-0.4, -0.2) is 33.1 Å². The summed E-state index contributed by atoms with van der Waals surface area (Å²) in [4.78, 5) is 22.1. The molecule has 1 aromatic heterocycles. The molecule has 0 spiro atoms. The van der Waals surface area contributed by atoms with Crippen LogP contribution in [0.3, 0.4) is 0 Å². The van der Waals surface area contributed by atoms with Crippen molar-refractivity contribution in [2.45, 2.75) is 45.8 Å². The molecule has 1 aliphatic rings. The van der Waals surface area contributed by atoms with Crippen LogP contribution in [0.4, 0.5) is 4.79 Å². The summed E-state index contributed by atoms with van der Waals surface area (Å²) >= 11 is 0. The van der Waals surface area contributed by atoms with E-state index in [1.54, 1.807) is 17.4 Å². The first kappa shape index (κ1) is 12.8. The fourth-order valence-electron chi connectivity index (χ4n) is 2.08. The maximum atomic E-state index is 12.1. The zero-order chi connectivity index (χ0) is 13.3. The van der Waals surface area contributed by atoms with Crippen LogP contribution in [0.2, 0.25) is 0 Å². The van der Waals surface area contributed by atoms with Gasteiger partial charge in [-0.1, -0.05) is 0 Å². The Labute approximate surface area is 107 Å². The number of ether oxygens (including phenoxy) is 1. The highest BCUT2D eigenvalue weighted by Crippen LogP contribution is 2.28. The Morgan fingerprint density at radius 1 is 1.50 bits per heavy atom. The second kappa shape index (κ2) is 4.55. The third-order valence-electron chi connectivity index (χ3n) is 2.96. The normalized spacial score (nSPS) is 19.3. The van der Waals surface area contributed by atoms with Crippen molar-refractivity contribution >= 4 is 6.09 Å². The predicted octanol–water partition coefficient (Wildman–Crippen LogP) is 2.33. The van der Waals surface area contributed by atoms with E-state index in [1.165, 1.54) is 0 Å². The lowest BCUT2D eigenvalue weighted by Gasteiger charge is -2.35. The minimum absolute atomic E-state index is 0.0372. The van der Waals surface area contributed by atoms with Crippen LogP contribution in [0, 0.1) is 0 Å². The van der Waals surface area contributed by atoms with E-state index in [4.69, 9.17) is 4.74 Å². The summed E-state index contributed by atoms with van der Waals surface area (Å²) in [5, 5.41) is 0. The highest BCUT2D eigenvalue weighted by molar-refractivity contribution is 5.69. The number of rotatable bonds is 0. The van der Waals surface area contributed by atoms with Gasteiger partial charge in [0.2, 0.25) is 0 Å². The van der Waals surface area contributed by atoms with Crippen LogP contribution >= 0.6 is 0 Å². The lowest BCUT2D eigenvalue weighted by molar-refractivity contribution is 0.0157. The predicted molar refractivity (Wildman–Crippen MR) is 67.1 cm³/mol. The molecule has 5 heteroatoms. The van der Waals surface area contributed by atoms with Crippen LogP contribution in [0.25, 0.3) is 0 Å². The van der Waals surface area contributed by atoms with Gasteiger partial charge in [0.05, 0.1) is 11.7 Å². The summed E-state index contributed by atoms with van der Waals surface area (Å²) in [5.74, 6) is 0. The molecule has 0 unspecified atom stereocenters. The van der Waals surface area contributed by atoms with Gasteiger partial charge in [-0.3, -0.25) is 0 Å². The molecule has 2 rings (SSSR count). The molecule has 1 amide bonds. The lowest BCUT2D eigenvalue weighted by atomic mass is 10.0. The second-order valence-electron chi connectivity index (χ2n) is 5.52. The molecule has 0 radical (unpaired) electrons. The van der Waals surface area contributed by atoms with E-state index in [0.717, 1.165) is 17.7 Å². The number of hydrogen-bond donors (Lipinski definition) is 0. The highest BCUT2D eigenvalue weighted by Gasteiger charge is 2.31. The van der Waals surface area contributed by atoms with Crippen LogP contribution in [0.15, 0.2) is 12.5 Å². The van der Waals surface area contributed by atoms with E-state index in [1.807, 2.05) is 27.7 Å². The molecule has 0 saturated heterocycles. The van der Waals surface area contributed by atoms with E-state index in [9.17, 15) is 4.79 Å². The lowest BCUT2D eigenvalue weighted by Crippen LogP contribution is -2.42. The standard InChI is InChI=1S/C13H19N3O2/c1-9-10-7-14-8-15-11(10)5-6-16(9)12(17)18-13(2,3)4/h7-9H,5-6H2,1-4H3/t9-/m1/s1. The monoisotopic (exact) mass is 249 g/mol. The number of hydrogen-bond acceptors (Lipinski definition) is 4. The van der Waals surface area contributed by atoms with Gasteiger partial charge < -0.3 is 9.64 Å². The Morgan fingerprint density at radius 3 is 2.89 bits per heavy atom. The number of amides is 1. The van der Waals surface area contributed by atoms with Gasteiger partial charge in [-0.2, -0.15) is 0 Å². The Bertz CT molecular complexity index is 454. The average Bonchev–Trinajstić information content (AvgIpc) is 2.27. The van der Waals surface area contributed by atoms with E-state index in [0.29, 0.717) is 6.54 Å². The summed E-state index contributed by atoms with van der Waals surface area (Å²) in [5.41, 5.74) is 1.57. The zero-order valence-corrected chi connectivity index (χ0v) is 11.3. The molecule has 98 valence electrons. The molecule has 1 atom stereocenters. The van der Waals surface area contributed by atoms with Crippen molar-refractivity contribution in [3.05, 3.63) is 23.8 Å². The minimum atomic E-state index is -0.468. The Morgan fingerprint density at radius 2 is 2.22 bits per heavy atom. The maximum absolute atomic E-state index is 12.1. The molecule has 0 saturated carbocycles. The molecule has 1 aromatic rings. The fraction of sp³-hybridized carbons (Fsp3) is 0.615. The fourth-order valence-corrected chi connectivity index (χ4v) is 2.08. The van der Waals surface area contributed by atoms with Crippen molar-refractivity contribution in [3.8, 4) is 0 Å². The summed E-state index contributed by atoms with van der Waals surface area (Å²) in [6.07, 6.45) is 3.81. The number of fused-ring (bicyclic) bond motifs is 1. The van der Waals surface area contributed by atoms with E-state index >= 15 is 0 Å². The second-order valence-corrected chi connectivity index (χ2v) is 5.52. The molecule has 0 aromatic carbocycles. The van der Waals surface area contributed by atoms with Gasteiger partial charge >= 0.3 is 6.09 Å². The molecular weight excluding hydrogens is 230 g/mol. The topological polar surface area (TPSA) is 55.3 Å². The Balaban J connectivity index is 2.17. The Hall–Kier alpha value is -1.65. The van der Waals surface area contributed by atoms with Gasteiger partial charge in [-0.05, 0) is 27.7 Å². The van der Waals surface area contributed by atoms with Gasteiger partial charge in [-0.15, -0.1) is 0 Å². The molecular formula is C13H19N3O2. The molecule has 1 aliphatic heterocycles. The number of carbonyl (C=O) groups excluding carboxylic acids is 1. The van der Waals surface area contributed by atoms with Gasteiger partial charge in [0, 0.05) is 24.7 Å².